The van der Waals surface area contributed by atoms with E-state index < -0.39 is 20.5 Å². The van der Waals surface area contributed by atoms with E-state index in [1.807, 2.05) is 38.1 Å². The molecule has 116 valence electrons. The van der Waals surface area contributed by atoms with Crippen LogP contribution in [-0.2, 0) is 14.6 Å². The summed E-state index contributed by atoms with van der Waals surface area (Å²) in [6, 6.07) is 7.84. The lowest BCUT2D eigenvalue weighted by molar-refractivity contribution is 0.121. The Kier molecular flexibility index (Phi) is 4.42. The number of ether oxygens (including phenoxy) is 1. The van der Waals surface area contributed by atoms with Gasteiger partial charge in [-0.05, 0) is 19.4 Å². The summed E-state index contributed by atoms with van der Waals surface area (Å²) in [5, 5.41) is -0.600. The van der Waals surface area contributed by atoms with Crippen LogP contribution in [0.5, 0.6) is 0 Å². The minimum Gasteiger partial charge on any atom is -0.393 e. The third-order valence-corrected chi connectivity index (χ3v) is 6.15. The summed E-state index contributed by atoms with van der Waals surface area (Å²) in [4.78, 5) is 0.219. The maximum Gasteiger partial charge on any atom is 0.152 e. The zero-order valence-corrected chi connectivity index (χ0v) is 14.1. The summed E-state index contributed by atoms with van der Waals surface area (Å²) in [5.74, 6) is -0.225. The SMILES string of the molecule is CCOCC1(C(N)=S)C(c2ccc(C)cc2)C1S(C)(=O)=O. The van der Waals surface area contributed by atoms with E-state index in [9.17, 15) is 8.42 Å². The van der Waals surface area contributed by atoms with Crippen LogP contribution >= 0.6 is 12.2 Å². The van der Waals surface area contributed by atoms with Gasteiger partial charge in [0.25, 0.3) is 0 Å². The van der Waals surface area contributed by atoms with Crippen LogP contribution < -0.4 is 5.73 Å². The topological polar surface area (TPSA) is 69.4 Å². The molecule has 1 aromatic carbocycles. The van der Waals surface area contributed by atoms with E-state index in [0.717, 1.165) is 11.1 Å². The van der Waals surface area contributed by atoms with Crippen LogP contribution in [0.4, 0.5) is 0 Å². The Hall–Kier alpha value is -0.980. The molecule has 0 aromatic heterocycles. The van der Waals surface area contributed by atoms with Crippen molar-refractivity contribution in [3.8, 4) is 0 Å². The molecular formula is C15H21NO3S2. The Bertz CT molecular complexity index is 639. The lowest BCUT2D eigenvalue weighted by Gasteiger charge is -2.16. The molecule has 1 aromatic rings. The third-order valence-electron chi connectivity index (χ3n) is 4.16. The average molecular weight is 327 g/mol. The number of nitrogens with two attached hydrogens (primary N) is 1. The lowest BCUT2D eigenvalue weighted by atomic mass is 9.99. The molecule has 4 nitrogen and oxygen atoms in total. The van der Waals surface area contributed by atoms with Gasteiger partial charge < -0.3 is 10.5 Å². The fraction of sp³-hybridized carbons (Fsp3) is 0.533. The zero-order chi connectivity index (χ0) is 15.8. The molecule has 0 bridgehead atoms. The predicted molar refractivity (Wildman–Crippen MR) is 88.3 cm³/mol. The van der Waals surface area contributed by atoms with E-state index in [2.05, 4.69) is 0 Å². The minimum absolute atomic E-state index is 0.219. The molecule has 21 heavy (non-hydrogen) atoms. The van der Waals surface area contributed by atoms with Gasteiger partial charge in [-0.2, -0.15) is 0 Å². The molecule has 1 aliphatic rings. The van der Waals surface area contributed by atoms with E-state index in [1.54, 1.807) is 0 Å². The van der Waals surface area contributed by atoms with Gasteiger partial charge in [-0.25, -0.2) is 8.42 Å². The van der Waals surface area contributed by atoms with E-state index in [4.69, 9.17) is 22.7 Å². The first-order valence-corrected chi connectivity index (χ1v) is 9.24. The van der Waals surface area contributed by atoms with Gasteiger partial charge in [0.2, 0.25) is 0 Å². The highest BCUT2D eigenvalue weighted by Gasteiger charge is 2.71. The normalized spacial score (nSPS) is 28.3. The number of rotatable bonds is 6. The Morgan fingerprint density at radius 2 is 1.95 bits per heavy atom. The first kappa shape index (κ1) is 16.4. The Morgan fingerprint density at radius 3 is 2.38 bits per heavy atom. The predicted octanol–water partition coefficient (Wildman–Crippen LogP) is 1.81. The monoisotopic (exact) mass is 327 g/mol. The van der Waals surface area contributed by atoms with Crippen molar-refractivity contribution in [2.45, 2.75) is 25.0 Å². The molecule has 0 amide bonds. The highest BCUT2D eigenvalue weighted by molar-refractivity contribution is 7.92. The second-order valence-corrected chi connectivity index (χ2v) is 8.29. The lowest BCUT2D eigenvalue weighted by Crippen LogP contribution is -2.33. The molecule has 1 aliphatic carbocycles. The van der Waals surface area contributed by atoms with E-state index in [1.165, 1.54) is 6.26 Å². The van der Waals surface area contributed by atoms with Gasteiger partial charge in [0.1, 0.15) is 0 Å². The van der Waals surface area contributed by atoms with Gasteiger partial charge in [-0.1, -0.05) is 42.0 Å². The summed E-state index contributed by atoms with van der Waals surface area (Å²) in [6.45, 7) is 4.61. The number of hydrogen-bond acceptors (Lipinski definition) is 4. The summed E-state index contributed by atoms with van der Waals surface area (Å²) in [7, 11) is -3.27. The van der Waals surface area contributed by atoms with Crippen LogP contribution in [0.1, 0.15) is 24.0 Å². The van der Waals surface area contributed by atoms with Crippen LogP contribution in [0.2, 0.25) is 0 Å². The third kappa shape index (κ3) is 2.84. The standard InChI is InChI=1S/C15H21NO3S2/c1-4-19-9-15(14(16)20)12(13(15)21(3,17)18)11-7-5-10(2)6-8-11/h5-8,12-13H,4,9H2,1-3H3,(H2,16,20). The molecule has 1 saturated carbocycles. The van der Waals surface area contributed by atoms with Crippen LogP contribution in [-0.4, -0.2) is 38.1 Å². The zero-order valence-electron chi connectivity index (χ0n) is 12.5. The molecule has 0 saturated heterocycles. The van der Waals surface area contributed by atoms with Gasteiger partial charge in [-0.3, -0.25) is 0 Å². The number of hydrogen-bond donors (Lipinski definition) is 1. The fourth-order valence-corrected chi connectivity index (χ4v) is 5.40. The van der Waals surface area contributed by atoms with E-state index in [-0.39, 0.29) is 17.5 Å². The smallest absolute Gasteiger partial charge is 0.152 e. The molecule has 1 fully saturated rings. The highest BCUT2D eigenvalue weighted by atomic mass is 32.2. The van der Waals surface area contributed by atoms with Crippen molar-refractivity contribution in [1.82, 2.24) is 0 Å². The molecule has 2 N–H and O–H groups in total. The van der Waals surface area contributed by atoms with Crippen molar-refractivity contribution in [1.29, 1.82) is 0 Å². The van der Waals surface area contributed by atoms with Crippen molar-refractivity contribution in [2.24, 2.45) is 11.1 Å². The molecule has 6 heteroatoms. The maximum atomic E-state index is 12.2. The molecule has 0 aliphatic heterocycles. The van der Waals surface area contributed by atoms with Crippen molar-refractivity contribution in [2.75, 3.05) is 19.5 Å². The number of sulfone groups is 1. The molecule has 0 spiro atoms. The van der Waals surface area contributed by atoms with Gasteiger partial charge in [0.05, 0.1) is 22.3 Å². The quantitative estimate of drug-likeness (QED) is 0.807. The van der Waals surface area contributed by atoms with Crippen molar-refractivity contribution in [3.63, 3.8) is 0 Å². The van der Waals surface area contributed by atoms with Gasteiger partial charge in [0, 0.05) is 18.8 Å². The van der Waals surface area contributed by atoms with E-state index >= 15 is 0 Å². The largest absolute Gasteiger partial charge is 0.393 e. The summed E-state index contributed by atoms with van der Waals surface area (Å²) >= 11 is 5.19. The van der Waals surface area contributed by atoms with Gasteiger partial charge in [-0.15, -0.1) is 0 Å². The molecule has 3 atom stereocenters. The summed E-state index contributed by atoms with van der Waals surface area (Å²) in [5.41, 5.74) is 7.20. The van der Waals surface area contributed by atoms with E-state index in [0.29, 0.717) is 6.61 Å². The minimum atomic E-state index is -3.27. The Labute approximate surface area is 131 Å². The second kappa shape index (κ2) is 5.66. The molecule has 3 unspecified atom stereocenters. The highest BCUT2D eigenvalue weighted by Crippen LogP contribution is 2.63. The first-order chi connectivity index (χ1) is 9.75. The van der Waals surface area contributed by atoms with Gasteiger partial charge in [0.15, 0.2) is 9.84 Å². The summed E-state index contributed by atoms with van der Waals surface area (Å²) in [6.07, 6.45) is 1.24. The number of benzene rings is 1. The molecular weight excluding hydrogens is 306 g/mol. The molecule has 0 radical (unpaired) electrons. The number of aryl methyl sites for hydroxylation is 1. The fourth-order valence-electron chi connectivity index (χ4n) is 3.09. The molecule has 2 rings (SSSR count). The van der Waals surface area contributed by atoms with Crippen LogP contribution in [0.25, 0.3) is 0 Å². The van der Waals surface area contributed by atoms with Crippen molar-refractivity contribution >= 4 is 27.0 Å². The van der Waals surface area contributed by atoms with Crippen LogP contribution in [0.3, 0.4) is 0 Å². The Morgan fingerprint density at radius 1 is 1.38 bits per heavy atom. The number of thiocarbonyl (C=S) groups is 1. The van der Waals surface area contributed by atoms with Crippen molar-refractivity contribution in [3.05, 3.63) is 35.4 Å². The average Bonchev–Trinajstić information content (AvgIpc) is 3.08. The first-order valence-electron chi connectivity index (χ1n) is 6.88. The molecule has 0 heterocycles. The Balaban J connectivity index is 2.46. The van der Waals surface area contributed by atoms with Crippen molar-refractivity contribution < 1.29 is 13.2 Å². The summed E-state index contributed by atoms with van der Waals surface area (Å²) < 4.78 is 29.8. The second-order valence-electron chi connectivity index (χ2n) is 5.68. The van der Waals surface area contributed by atoms with Crippen LogP contribution in [0.15, 0.2) is 24.3 Å². The maximum absolute atomic E-state index is 12.2. The van der Waals surface area contributed by atoms with Gasteiger partial charge >= 0.3 is 0 Å². The van der Waals surface area contributed by atoms with Crippen LogP contribution in [0, 0.1) is 12.3 Å².